The molecule has 0 unspecified atom stereocenters. The molecule has 10 heteroatoms. The molecule has 0 radical (unpaired) electrons. The Morgan fingerprint density at radius 1 is 0.905 bits per heavy atom. The number of aliphatic hydroxyl groups excluding tert-OH is 7. The third-order valence-electron chi connectivity index (χ3n) is 3.59. The lowest BCUT2D eigenvalue weighted by molar-refractivity contribution is -0.349. The van der Waals surface area contributed by atoms with E-state index in [0.717, 1.165) is 0 Å². The van der Waals surface area contributed by atoms with Gasteiger partial charge in [-0.25, -0.2) is 0 Å². The van der Waals surface area contributed by atoms with E-state index in [4.69, 9.17) is 19.3 Å². The number of ether oxygens (including phenoxy) is 3. The first kappa shape index (κ1) is 17.0. The Labute approximate surface area is 119 Å². The van der Waals surface area contributed by atoms with Crippen LogP contribution in [-0.4, -0.2) is 104 Å². The van der Waals surface area contributed by atoms with E-state index in [2.05, 4.69) is 0 Å². The summed E-state index contributed by atoms with van der Waals surface area (Å²) in [6.07, 6.45) is -13.3. The molecule has 2 rings (SSSR count). The number of hydrogen-bond donors (Lipinski definition) is 7. The highest BCUT2D eigenvalue weighted by Crippen LogP contribution is 2.26. The molecule has 0 aliphatic carbocycles. The Morgan fingerprint density at radius 2 is 1.57 bits per heavy atom. The molecule has 9 atom stereocenters. The Kier molecular flexibility index (Phi) is 5.48. The minimum absolute atomic E-state index is 0.315. The second-order valence-corrected chi connectivity index (χ2v) is 5.08. The minimum atomic E-state index is -1.68. The van der Waals surface area contributed by atoms with Crippen LogP contribution < -0.4 is 0 Å². The van der Waals surface area contributed by atoms with Crippen molar-refractivity contribution < 1.29 is 50.0 Å². The molecule has 0 saturated carbocycles. The number of aliphatic hydroxyl groups is 7. The van der Waals surface area contributed by atoms with Gasteiger partial charge in [0.15, 0.2) is 12.6 Å². The van der Waals surface area contributed by atoms with Crippen LogP contribution in [0.2, 0.25) is 0 Å². The summed E-state index contributed by atoms with van der Waals surface area (Å²) < 4.78 is 15.0. The third-order valence-corrected chi connectivity index (χ3v) is 3.59. The predicted molar refractivity (Wildman–Crippen MR) is 62.6 cm³/mol. The molecule has 0 aromatic carbocycles. The van der Waals surface area contributed by atoms with Gasteiger partial charge >= 0.3 is 0 Å². The van der Waals surface area contributed by atoms with Crippen molar-refractivity contribution in [3.8, 4) is 0 Å². The van der Waals surface area contributed by atoms with Crippen molar-refractivity contribution >= 4 is 0 Å². The van der Waals surface area contributed by atoms with E-state index >= 15 is 0 Å². The molecule has 2 fully saturated rings. The maximum atomic E-state index is 9.87. The first-order valence-electron chi connectivity index (χ1n) is 6.48. The summed E-state index contributed by atoms with van der Waals surface area (Å²) in [5.41, 5.74) is 0. The van der Waals surface area contributed by atoms with Crippen molar-refractivity contribution in [1.82, 2.24) is 0 Å². The number of hydrogen-bond acceptors (Lipinski definition) is 10. The molecule has 2 aliphatic rings. The molecule has 0 aromatic rings. The third kappa shape index (κ3) is 3.35. The van der Waals surface area contributed by atoms with Gasteiger partial charge in [-0.1, -0.05) is 0 Å². The van der Waals surface area contributed by atoms with E-state index in [1.165, 1.54) is 0 Å². The van der Waals surface area contributed by atoms with Crippen molar-refractivity contribution in [3.05, 3.63) is 0 Å². The van der Waals surface area contributed by atoms with Crippen molar-refractivity contribution in [2.24, 2.45) is 0 Å². The summed E-state index contributed by atoms with van der Waals surface area (Å²) in [4.78, 5) is 0. The van der Waals surface area contributed by atoms with Gasteiger partial charge in [0, 0.05) is 0 Å². The topological polar surface area (TPSA) is 169 Å². The summed E-state index contributed by atoms with van der Waals surface area (Å²) in [7, 11) is 0. The normalized spacial score (nSPS) is 51.9. The summed E-state index contributed by atoms with van der Waals surface area (Å²) >= 11 is 0. The monoisotopic (exact) mass is 312 g/mol. The highest BCUT2D eigenvalue weighted by molar-refractivity contribution is 4.91. The van der Waals surface area contributed by atoms with Gasteiger partial charge in [-0.15, -0.1) is 0 Å². The Bertz CT molecular complexity index is 341. The molecule has 0 spiro atoms. The average molecular weight is 312 g/mol. The zero-order valence-corrected chi connectivity index (χ0v) is 11.0. The van der Waals surface area contributed by atoms with E-state index in [1.807, 2.05) is 0 Å². The van der Waals surface area contributed by atoms with Crippen LogP contribution in [0, 0.1) is 0 Å². The van der Waals surface area contributed by atoms with Gasteiger partial charge in [0.2, 0.25) is 0 Å². The van der Waals surface area contributed by atoms with Crippen LogP contribution in [0.25, 0.3) is 0 Å². The van der Waals surface area contributed by atoms with Gasteiger partial charge in [0.05, 0.1) is 13.2 Å². The van der Waals surface area contributed by atoms with E-state index in [9.17, 15) is 30.6 Å². The first-order chi connectivity index (χ1) is 9.86. The Balaban J connectivity index is 2.01. The van der Waals surface area contributed by atoms with Gasteiger partial charge in [-0.2, -0.15) is 0 Å². The lowest BCUT2D eigenvalue weighted by Crippen LogP contribution is -2.62. The maximum Gasteiger partial charge on any atom is 0.186 e. The fourth-order valence-electron chi connectivity index (χ4n) is 2.27. The predicted octanol–water partition coefficient (Wildman–Crippen LogP) is -4.76. The first-order valence-corrected chi connectivity index (χ1v) is 6.48. The smallest absolute Gasteiger partial charge is 0.186 e. The van der Waals surface area contributed by atoms with Gasteiger partial charge < -0.3 is 50.0 Å². The fraction of sp³-hybridized carbons (Fsp3) is 1.00. The van der Waals surface area contributed by atoms with Crippen LogP contribution >= 0.6 is 0 Å². The molecule has 0 aromatic heterocycles. The summed E-state index contributed by atoms with van der Waals surface area (Å²) in [6.45, 7) is -0.931. The molecule has 124 valence electrons. The van der Waals surface area contributed by atoms with Crippen LogP contribution in [0.4, 0.5) is 0 Å². The second kappa shape index (κ2) is 6.79. The van der Waals surface area contributed by atoms with Gasteiger partial charge in [-0.05, 0) is 0 Å². The quantitative estimate of drug-likeness (QED) is 0.268. The van der Waals surface area contributed by atoms with E-state index < -0.39 is 61.9 Å². The molecule has 21 heavy (non-hydrogen) atoms. The van der Waals surface area contributed by atoms with Gasteiger partial charge in [0.1, 0.15) is 42.7 Å². The molecular formula is C11H20O10. The summed E-state index contributed by atoms with van der Waals surface area (Å²) in [5, 5.41) is 66.7. The van der Waals surface area contributed by atoms with Crippen LogP contribution in [-0.2, 0) is 14.2 Å². The van der Waals surface area contributed by atoms with Crippen LogP contribution in [0.1, 0.15) is 0 Å². The van der Waals surface area contributed by atoms with Crippen LogP contribution in [0.5, 0.6) is 0 Å². The molecule has 2 heterocycles. The van der Waals surface area contributed by atoms with Gasteiger partial charge in [-0.3, -0.25) is 0 Å². The molecule has 2 aliphatic heterocycles. The zero-order valence-electron chi connectivity index (χ0n) is 11.0. The molecule has 10 nitrogen and oxygen atoms in total. The van der Waals surface area contributed by atoms with E-state index in [0.29, 0.717) is 0 Å². The fourth-order valence-corrected chi connectivity index (χ4v) is 2.27. The van der Waals surface area contributed by atoms with Crippen molar-refractivity contribution in [2.45, 2.75) is 55.3 Å². The minimum Gasteiger partial charge on any atom is -0.394 e. The molecule has 0 bridgehead atoms. The largest absolute Gasteiger partial charge is 0.394 e. The summed E-state index contributed by atoms with van der Waals surface area (Å²) in [6, 6.07) is 0. The molecule has 0 amide bonds. The molecule has 7 N–H and O–H groups in total. The SMILES string of the molecule is OC[C@H]1O[C@@H](O)[C@@H](O[C@@H]2OC[C@@H](O)[C@H](O)[C@H]2O)[C@@H](O)[C@@H]1O. The van der Waals surface area contributed by atoms with Crippen molar-refractivity contribution in [1.29, 1.82) is 0 Å². The van der Waals surface area contributed by atoms with Crippen molar-refractivity contribution in [2.75, 3.05) is 13.2 Å². The highest BCUT2D eigenvalue weighted by atomic mass is 16.7. The standard InChI is InChI=1S/C11H20O10/c12-1-4-6(15)7(16)9(10(18)20-4)21-11-8(17)5(14)3(13)2-19-11/h3-18H,1-2H2/t3-,4-,5+,6-,7+,8-,9+,10-,11+/m1/s1. The van der Waals surface area contributed by atoms with E-state index in [1.54, 1.807) is 0 Å². The van der Waals surface area contributed by atoms with Gasteiger partial charge in [0.25, 0.3) is 0 Å². The Hall–Kier alpha value is -0.400. The van der Waals surface area contributed by atoms with Crippen LogP contribution in [0.3, 0.4) is 0 Å². The van der Waals surface area contributed by atoms with Crippen molar-refractivity contribution in [3.63, 3.8) is 0 Å². The highest BCUT2D eigenvalue weighted by Gasteiger charge is 2.48. The average Bonchev–Trinajstić information content (AvgIpc) is 2.47. The lowest BCUT2D eigenvalue weighted by Gasteiger charge is -2.43. The number of rotatable bonds is 3. The maximum absolute atomic E-state index is 9.87. The summed E-state index contributed by atoms with van der Waals surface area (Å²) in [5.74, 6) is 0. The van der Waals surface area contributed by atoms with E-state index in [-0.39, 0.29) is 6.61 Å². The Morgan fingerprint density at radius 3 is 2.19 bits per heavy atom. The second-order valence-electron chi connectivity index (χ2n) is 5.08. The molecule has 2 saturated heterocycles. The lowest BCUT2D eigenvalue weighted by atomic mass is 9.98. The van der Waals surface area contributed by atoms with Crippen LogP contribution in [0.15, 0.2) is 0 Å². The molecular weight excluding hydrogens is 292 g/mol. The zero-order chi connectivity index (χ0) is 15.7.